The Morgan fingerprint density at radius 3 is 2.93 bits per heavy atom. The van der Waals surface area contributed by atoms with E-state index in [1.54, 1.807) is 0 Å². The zero-order valence-electron chi connectivity index (χ0n) is 8.44. The van der Waals surface area contributed by atoms with Gasteiger partial charge in [0.25, 0.3) is 0 Å². The van der Waals surface area contributed by atoms with Crippen molar-refractivity contribution in [3.05, 3.63) is 29.8 Å². The van der Waals surface area contributed by atoms with E-state index in [2.05, 4.69) is 0 Å². The van der Waals surface area contributed by atoms with Crippen LogP contribution in [0.25, 0.3) is 0 Å². The van der Waals surface area contributed by atoms with Gasteiger partial charge < -0.3 is 9.84 Å². The zero-order chi connectivity index (χ0) is 9.97. The second-order valence-electron chi connectivity index (χ2n) is 3.81. The molecular weight excluding hydrogens is 176 g/mol. The molecule has 0 bridgehead atoms. The molecule has 0 radical (unpaired) electrons. The highest BCUT2D eigenvalue weighted by Crippen LogP contribution is 2.28. The monoisotopic (exact) mass is 192 g/mol. The Balaban J connectivity index is 2.08. The number of ether oxygens (including phenoxy) is 1. The van der Waals surface area contributed by atoms with Crippen molar-refractivity contribution >= 4 is 0 Å². The number of hydrogen-bond donors (Lipinski definition) is 1. The van der Waals surface area contributed by atoms with E-state index in [4.69, 9.17) is 4.74 Å². The predicted octanol–water partition coefficient (Wildman–Crippen LogP) is 2.67. The maximum Gasteiger partial charge on any atom is 0.120 e. The van der Waals surface area contributed by atoms with Gasteiger partial charge in [-0.3, -0.25) is 0 Å². The van der Waals surface area contributed by atoms with Crippen LogP contribution in [0.5, 0.6) is 5.75 Å². The maximum atomic E-state index is 9.65. The zero-order valence-corrected chi connectivity index (χ0v) is 8.44. The van der Waals surface area contributed by atoms with Gasteiger partial charge in [-0.05, 0) is 37.0 Å². The summed E-state index contributed by atoms with van der Waals surface area (Å²) >= 11 is 0. The van der Waals surface area contributed by atoms with Crippen LogP contribution in [0.3, 0.4) is 0 Å². The molecule has 1 aliphatic carbocycles. The van der Waals surface area contributed by atoms with Gasteiger partial charge in [0.05, 0.1) is 12.2 Å². The summed E-state index contributed by atoms with van der Waals surface area (Å²) in [6, 6.07) is 7.76. The standard InChI is InChI=1S/C12H16O2/c1-2-12(13)9-4-3-5-11(8-9)14-10-6-7-10/h3-5,8,10,12-13H,2,6-7H2,1H3. The summed E-state index contributed by atoms with van der Waals surface area (Å²) in [7, 11) is 0. The van der Waals surface area contributed by atoms with E-state index in [1.807, 2.05) is 31.2 Å². The van der Waals surface area contributed by atoms with Crippen LogP contribution in [0.4, 0.5) is 0 Å². The van der Waals surface area contributed by atoms with Crippen LogP contribution in [0, 0.1) is 0 Å². The molecular formula is C12H16O2. The fourth-order valence-corrected chi connectivity index (χ4v) is 1.41. The van der Waals surface area contributed by atoms with Crippen molar-refractivity contribution in [1.29, 1.82) is 0 Å². The van der Waals surface area contributed by atoms with Gasteiger partial charge in [-0.2, -0.15) is 0 Å². The van der Waals surface area contributed by atoms with Crippen LogP contribution in [0.2, 0.25) is 0 Å². The van der Waals surface area contributed by atoms with E-state index in [0.717, 1.165) is 17.7 Å². The molecule has 0 saturated heterocycles. The van der Waals surface area contributed by atoms with Gasteiger partial charge in [-0.1, -0.05) is 19.1 Å². The summed E-state index contributed by atoms with van der Waals surface area (Å²) in [6.07, 6.45) is 3.13. The smallest absolute Gasteiger partial charge is 0.120 e. The quantitative estimate of drug-likeness (QED) is 0.794. The van der Waals surface area contributed by atoms with Gasteiger partial charge in [0.2, 0.25) is 0 Å². The van der Waals surface area contributed by atoms with Crippen LogP contribution in [-0.2, 0) is 0 Å². The Kier molecular flexibility index (Phi) is 2.73. The average Bonchev–Trinajstić information content (AvgIpc) is 3.01. The first-order chi connectivity index (χ1) is 6.79. The highest BCUT2D eigenvalue weighted by molar-refractivity contribution is 5.30. The summed E-state index contributed by atoms with van der Waals surface area (Å²) in [5.74, 6) is 0.887. The minimum atomic E-state index is -0.363. The Morgan fingerprint density at radius 1 is 1.50 bits per heavy atom. The van der Waals surface area contributed by atoms with E-state index < -0.39 is 0 Å². The first-order valence-corrected chi connectivity index (χ1v) is 5.24. The fraction of sp³-hybridized carbons (Fsp3) is 0.500. The molecule has 0 heterocycles. The molecule has 1 aromatic rings. The van der Waals surface area contributed by atoms with E-state index in [9.17, 15) is 5.11 Å². The average molecular weight is 192 g/mol. The summed E-state index contributed by atoms with van der Waals surface area (Å²) in [4.78, 5) is 0. The lowest BCUT2D eigenvalue weighted by Gasteiger charge is -2.10. The largest absolute Gasteiger partial charge is 0.490 e. The molecule has 1 unspecified atom stereocenters. The van der Waals surface area contributed by atoms with Crippen molar-refractivity contribution in [3.8, 4) is 5.75 Å². The third-order valence-electron chi connectivity index (χ3n) is 2.46. The number of hydrogen-bond acceptors (Lipinski definition) is 2. The molecule has 1 N–H and O–H groups in total. The lowest BCUT2D eigenvalue weighted by atomic mass is 10.1. The highest BCUT2D eigenvalue weighted by Gasteiger charge is 2.23. The molecule has 0 aromatic heterocycles. The van der Waals surface area contributed by atoms with Crippen LogP contribution >= 0.6 is 0 Å². The number of aliphatic hydroxyl groups excluding tert-OH is 1. The molecule has 2 nitrogen and oxygen atoms in total. The van der Waals surface area contributed by atoms with Crippen LogP contribution < -0.4 is 4.74 Å². The van der Waals surface area contributed by atoms with Crippen molar-refractivity contribution in [2.45, 2.75) is 38.4 Å². The Labute approximate surface area is 84.5 Å². The summed E-state index contributed by atoms with van der Waals surface area (Å²) in [5.41, 5.74) is 0.950. The molecule has 1 atom stereocenters. The maximum absolute atomic E-state index is 9.65. The predicted molar refractivity (Wildman–Crippen MR) is 55.3 cm³/mol. The molecule has 0 spiro atoms. The van der Waals surface area contributed by atoms with Crippen molar-refractivity contribution in [2.24, 2.45) is 0 Å². The minimum Gasteiger partial charge on any atom is -0.490 e. The molecule has 76 valence electrons. The second-order valence-corrected chi connectivity index (χ2v) is 3.81. The molecule has 1 saturated carbocycles. The third-order valence-corrected chi connectivity index (χ3v) is 2.46. The summed E-state index contributed by atoms with van der Waals surface area (Å²) in [6.45, 7) is 1.97. The molecule has 0 amide bonds. The first-order valence-electron chi connectivity index (χ1n) is 5.24. The van der Waals surface area contributed by atoms with E-state index in [1.165, 1.54) is 12.8 Å². The molecule has 1 fully saturated rings. The first kappa shape index (κ1) is 9.53. The summed E-state index contributed by atoms with van der Waals surface area (Å²) < 4.78 is 5.65. The van der Waals surface area contributed by atoms with Gasteiger partial charge in [-0.25, -0.2) is 0 Å². The van der Waals surface area contributed by atoms with Gasteiger partial charge in [0.1, 0.15) is 5.75 Å². The van der Waals surface area contributed by atoms with Gasteiger partial charge in [-0.15, -0.1) is 0 Å². The number of aliphatic hydroxyl groups is 1. The molecule has 0 aliphatic heterocycles. The van der Waals surface area contributed by atoms with Crippen molar-refractivity contribution in [3.63, 3.8) is 0 Å². The van der Waals surface area contributed by atoms with Crippen molar-refractivity contribution in [1.82, 2.24) is 0 Å². The van der Waals surface area contributed by atoms with E-state index >= 15 is 0 Å². The Hall–Kier alpha value is -1.02. The van der Waals surface area contributed by atoms with Gasteiger partial charge in [0, 0.05) is 0 Å². The topological polar surface area (TPSA) is 29.5 Å². The highest BCUT2D eigenvalue weighted by atomic mass is 16.5. The minimum absolute atomic E-state index is 0.363. The molecule has 1 aromatic carbocycles. The van der Waals surface area contributed by atoms with Crippen LogP contribution in [-0.4, -0.2) is 11.2 Å². The third kappa shape index (κ3) is 2.26. The SMILES string of the molecule is CCC(O)c1cccc(OC2CC2)c1. The summed E-state index contributed by atoms with van der Waals surface area (Å²) in [5, 5.41) is 9.65. The fourth-order valence-electron chi connectivity index (χ4n) is 1.41. The normalized spacial score (nSPS) is 17.9. The Bertz CT molecular complexity index is 305. The second kappa shape index (κ2) is 4.01. The lowest BCUT2D eigenvalue weighted by molar-refractivity contribution is 0.173. The van der Waals surface area contributed by atoms with Crippen molar-refractivity contribution in [2.75, 3.05) is 0 Å². The van der Waals surface area contributed by atoms with Crippen LogP contribution in [0.15, 0.2) is 24.3 Å². The van der Waals surface area contributed by atoms with Gasteiger partial charge >= 0.3 is 0 Å². The molecule has 1 aliphatic rings. The van der Waals surface area contributed by atoms with E-state index in [-0.39, 0.29) is 6.10 Å². The lowest BCUT2D eigenvalue weighted by Crippen LogP contribution is -1.99. The van der Waals surface area contributed by atoms with Crippen LogP contribution in [0.1, 0.15) is 37.9 Å². The molecule has 2 rings (SSSR count). The van der Waals surface area contributed by atoms with Crippen molar-refractivity contribution < 1.29 is 9.84 Å². The van der Waals surface area contributed by atoms with Gasteiger partial charge in [0.15, 0.2) is 0 Å². The Morgan fingerprint density at radius 2 is 2.29 bits per heavy atom. The number of benzene rings is 1. The number of rotatable bonds is 4. The van der Waals surface area contributed by atoms with E-state index in [0.29, 0.717) is 6.10 Å². The molecule has 14 heavy (non-hydrogen) atoms. The molecule has 2 heteroatoms.